The largest absolute Gasteiger partial charge is 0.467 e. The van der Waals surface area contributed by atoms with E-state index in [0.717, 1.165) is 11.1 Å². The Morgan fingerprint density at radius 1 is 1.38 bits per heavy atom. The minimum atomic E-state index is -0.495. The molecule has 2 aromatic heterocycles. The van der Waals surface area contributed by atoms with Crippen molar-refractivity contribution >= 4 is 28.7 Å². The molecule has 0 aromatic carbocycles. The van der Waals surface area contributed by atoms with E-state index in [1.807, 2.05) is 38.3 Å². The average Bonchev–Trinajstić information content (AvgIpc) is 2.80. The highest BCUT2D eigenvalue weighted by atomic mass is 35.5. The summed E-state index contributed by atoms with van der Waals surface area (Å²) in [5.74, 6) is 0.357. The van der Waals surface area contributed by atoms with Gasteiger partial charge in [0.05, 0.1) is 12.5 Å². The number of rotatable bonds is 4. The van der Waals surface area contributed by atoms with Crippen molar-refractivity contribution in [3.8, 4) is 0 Å². The molecule has 2 rings (SSSR count). The van der Waals surface area contributed by atoms with E-state index in [9.17, 15) is 4.79 Å². The van der Waals surface area contributed by atoms with Crippen LogP contribution in [0.5, 0.6) is 0 Å². The lowest BCUT2D eigenvalue weighted by Gasteiger charge is -2.23. The van der Waals surface area contributed by atoms with Crippen LogP contribution < -0.4 is 0 Å². The number of pyridine rings is 1. The lowest BCUT2D eigenvalue weighted by atomic mass is 10.0. The predicted octanol–water partition coefficient (Wildman–Crippen LogP) is 3.41. The first-order valence-electron chi connectivity index (χ1n) is 6.93. The number of aryl methyl sites for hydroxylation is 1. The van der Waals surface area contributed by atoms with E-state index in [4.69, 9.17) is 16.3 Å². The Bertz CT molecular complexity index is 664. The summed E-state index contributed by atoms with van der Waals surface area (Å²) in [6, 6.07) is 1.40. The molecule has 0 amide bonds. The van der Waals surface area contributed by atoms with Crippen LogP contribution in [0.1, 0.15) is 43.6 Å². The van der Waals surface area contributed by atoms with Crippen molar-refractivity contribution < 1.29 is 9.53 Å². The third-order valence-electron chi connectivity index (χ3n) is 3.52. The average molecular weight is 310 g/mol. The number of aromatic nitrogens is 3. The number of ether oxygens (including phenoxy) is 1. The second-order valence-electron chi connectivity index (χ2n) is 5.47. The first kappa shape index (κ1) is 15.8. The van der Waals surface area contributed by atoms with Gasteiger partial charge in [0.15, 0.2) is 5.65 Å². The molecule has 2 atom stereocenters. The Labute approximate surface area is 129 Å². The summed E-state index contributed by atoms with van der Waals surface area (Å²) in [6.45, 7) is 7.73. The fourth-order valence-electron chi connectivity index (χ4n) is 2.48. The van der Waals surface area contributed by atoms with Gasteiger partial charge < -0.3 is 4.74 Å². The van der Waals surface area contributed by atoms with E-state index in [2.05, 4.69) is 9.97 Å². The smallest absolute Gasteiger partial charge is 0.329 e. The molecular formula is C15H20ClN3O2. The van der Waals surface area contributed by atoms with Crippen molar-refractivity contribution in [1.29, 1.82) is 0 Å². The minimum absolute atomic E-state index is 0.0336. The van der Waals surface area contributed by atoms with Crippen LogP contribution in [-0.2, 0) is 9.53 Å². The molecule has 2 aromatic rings. The quantitative estimate of drug-likeness (QED) is 0.641. The third kappa shape index (κ3) is 2.75. The van der Waals surface area contributed by atoms with Crippen LogP contribution in [0.15, 0.2) is 12.3 Å². The summed E-state index contributed by atoms with van der Waals surface area (Å²) >= 11 is 6.27. The van der Waals surface area contributed by atoms with Crippen LogP contribution in [-0.4, -0.2) is 27.6 Å². The Morgan fingerprint density at radius 2 is 2.05 bits per heavy atom. The van der Waals surface area contributed by atoms with Crippen molar-refractivity contribution in [3.05, 3.63) is 23.7 Å². The number of nitrogens with zero attached hydrogens (tertiary/aromatic N) is 3. The highest BCUT2D eigenvalue weighted by Gasteiger charge is 2.31. The third-order valence-corrected chi connectivity index (χ3v) is 3.71. The van der Waals surface area contributed by atoms with Gasteiger partial charge in [-0.1, -0.05) is 13.8 Å². The number of carbonyl (C=O) groups excluding carboxylic acids is 1. The Balaban J connectivity index is 2.78. The topological polar surface area (TPSA) is 57.0 Å². The number of imidazole rings is 1. The van der Waals surface area contributed by atoms with Crippen molar-refractivity contribution in [2.24, 2.45) is 5.92 Å². The summed E-state index contributed by atoms with van der Waals surface area (Å²) in [5, 5.41) is -0.329. The fraction of sp³-hybridized carbons (Fsp3) is 0.533. The van der Waals surface area contributed by atoms with Gasteiger partial charge >= 0.3 is 5.97 Å². The number of esters is 1. The van der Waals surface area contributed by atoms with Crippen LogP contribution in [0.4, 0.5) is 0 Å². The van der Waals surface area contributed by atoms with Gasteiger partial charge in [0.2, 0.25) is 0 Å². The zero-order valence-electron chi connectivity index (χ0n) is 12.9. The molecule has 0 saturated heterocycles. The zero-order chi connectivity index (χ0) is 15.7. The molecule has 0 aliphatic heterocycles. The molecular weight excluding hydrogens is 290 g/mol. The van der Waals surface area contributed by atoms with Gasteiger partial charge in [-0.05, 0) is 31.4 Å². The maximum absolute atomic E-state index is 12.2. The number of alkyl halides is 1. The van der Waals surface area contributed by atoms with Crippen LogP contribution in [0.3, 0.4) is 0 Å². The number of carbonyl (C=O) groups is 1. The van der Waals surface area contributed by atoms with Crippen molar-refractivity contribution in [2.75, 3.05) is 7.11 Å². The fourth-order valence-corrected chi connectivity index (χ4v) is 2.63. The van der Waals surface area contributed by atoms with Gasteiger partial charge in [-0.2, -0.15) is 0 Å². The normalized spacial score (nSPS) is 14.4. The molecule has 21 heavy (non-hydrogen) atoms. The molecule has 0 saturated carbocycles. The Kier molecular flexibility index (Phi) is 4.52. The molecule has 114 valence electrons. The molecule has 0 spiro atoms. The molecule has 2 heterocycles. The summed E-state index contributed by atoms with van der Waals surface area (Å²) in [5.41, 5.74) is 2.45. The van der Waals surface area contributed by atoms with Crippen LogP contribution >= 0.6 is 11.6 Å². The van der Waals surface area contributed by atoms with Crippen molar-refractivity contribution in [2.45, 2.75) is 39.1 Å². The monoisotopic (exact) mass is 309 g/mol. The molecule has 0 aliphatic carbocycles. The van der Waals surface area contributed by atoms with Gasteiger partial charge in [-0.25, -0.2) is 14.8 Å². The molecule has 0 N–H and O–H groups in total. The second-order valence-corrected chi connectivity index (χ2v) is 6.12. The lowest BCUT2D eigenvalue weighted by molar-refractivity contribution is -0.146. The maximum atomic E-state index is 12.2. The predicted molar refractivity (Wildman–Crippen MR) is 82.4 cm³/mol. The second kappa shape index (κ2) is 6.02. The van der Waals surface area contributed by atoms with E-state index < -0.39 is 6.04 Å². The Morgan fingerprint density at radius 3 is 2.57 bits per heavy atom. The van der Waals surface area contributed by atoms with E-state index in [1.165, 1.54) is 7.11 Å². The van der Waals surface area contributed by atoms with Gasteiger partial charge in [0, 0.05) is 6.20 Å². The molecule has 0 bridgehead atoms. The number of halogens is 1. The number of methoxy groups -OCH3 is 1. The molecule has 0 fully saturated rings. The van der Waals surface area contributed by atoms with Gasteiger partial charge in [0.1, 0.15) is 17.4 Å². The number of hydrogen-bond donors (Lipinski definition) is 0. The van der Waals surface area contributed by atoms with Crippen molar-refractivity contribution in [1.82, 2.24) is 14.5 Å². The van der Waals surface area contributed by atoms with Crippen LogP contribution in [0.2, 0.25) is 0 Å². The molecule has 0 aliphatic rings. The van der Waals surface area contributed by atoms with Crippen molar-refractivity contribution in [3.63, 3.8) is 0 Å². The van der Waals surface area contributed by atoms with E-state index in [-0.39, 0.29) is 17.3 Å². The summed E-state index contributed by atoms with van der Waals surface area (Å²) in [7, 11) is 1.39. The molecule has 2 unspecified atom stereocenters. The summed E-state index contributed by atoms with van der Waals surface area (Å²) < 4.78 is 6.77. The first-order valence-corrected chi connectivity index (χ1v) is 7.37. The lowest BCUT2D eigenvalue weighted by Crippen LogP contribution is -2.27. The van der Waals surface area contributed by atoms with Gasteiger partial charge in [0.25, 0.3) is 0 Å². The minimum Gasteiger partial charge on any atom is -0.467 e. The Hall–Kier alpha value is -1.62. The summed E-state index contributed by atoms with van der Waals surface area (Å²) in [6.07, 6.45) is 1.72. The first-order chi connectivity index (χ1) is 9.88. The van der Waals surface area contributed by atoms with Crippen LogP contribution in [0.25, 0.3) is 11.2 Å². The standard InChI is InChI=1S/C15H20ClN3O2/c1-8(2)12(15(20)21-5)19-13(10(4)16)18-11-9(3)6-7-17-14(11)19/h6-8,10,12H,1-5H3. The van der Waals surface area contributed by atoms with E-state index in [1.54, 1.807) is 6.20 Å². The SMILES string of the molecule is COC(=O)C(C(C)C)n1c(C(C)Cl)nc2c(C)ccnc21. The van der Waals surface area contributed by atoms with Gasteiger partial charge in [-0.3, -0.25) is 4.57 Å². The van der Waals surface area contributed by atoms with E-state index >= 15 is 0 Å². The maximum Gasteiger partial charge on any atom is 0.329 e. The highest BCUT2D eigenvalue weighted by molar-refractivity contribution is 6.20. The number of hydrogen-bond acceptors (Lipinski definition) is 4. The molecule has 0 radical (unpaired) electrons. The molecule has 5 nitrogen and oxygen atoms in total. The molecule has 6 heteroatoms. The highest BCUT2D eigenvalue weighted by Crippen LogP contribution is 2.31. The zero-order valence-corrected chi connectivity index (χ0v) is 13.7. The van der Waals surface area contributed by atoms with Gasteiger partial charge in [-0.15, -0.1) is 11.6 Å². The summed E-state index contributed by atoms with van der Waals surface area (Å²) in [4.78, 5) is 21.2. The van der Waals surface area contributed by atoms with E-state index in [0.29, 0.717) is 11.5 Å². The number of fused-ring (bicyclic) bond motifs is 1. The van der Waals surface area contributed by atoms with Crippen LogP contribution in [0, 0.1) is 12.8 Å².